The number of nitrogens with zero attached hydrogens (tertiary/aromatic N) is 1. The molecule has 1 aromatic rings. The minimum Gasteiger partial charge on any atom is -0.326 e. The zero-order chi connectivity index (χ0) is 11.6. The quantitative estimate of drug-likeness (QED) is 0.833. The molecule has 0 bridgehead atoms. The van der Waals surface area contributed by atoms with Gasteiger partial charge in [-0.05, 0) is 12.1 Å². The molecule has 1 aromatic carbocycles. The van der Waals surface area contributed by atoms with Crippen LogP contribution in [0.25, 0.3) is 0 Å². The molecule has 2 N–H and O–H groups in total. The lowest BCUT2D eigenvalue weighted by atomic mass is 10.2. The van der Waals surface area contributed by atoms with E-state index in [4.69, 9.17) is 5.73 Å². The van der Waals surface area contributed by atoms with Crippen molar-refractivity contribution in [1.82, 2.24) is 0 Å². The monoisotopic (exact) mass is 232 g/mol. The van der Waals surface area contributed by atoms with Gasteiger partial charge in [0, 0.05) is 19.2 Å². The summed E-state index contributed by atoms with van der Waals surface area (Å²) < 4.78 is 36.7. The first kappa shape index (κ1) is 11.9. The van der Waals surface area contributed by atoms with Gasteiger partial charge >= 0.3 is 0 Å². The third-order valence-electron chi connectivity index (χ3n) is 2.12. The molecule has 0 aliphatic carbocycles. The van der Waals surface area contributed by atoms with E-state index in [2.05, 4.69) is 0 Å². The molecule has 1 rings (SSSR count). The maximum absolute atomic E-state index is 13.3. The van der Waals surface area contributed by atoms with E-state index in [0.717, 1.165) is 16.6 Å². The van der Waals surface area contributed by atoms with Gasteiger partial charge in [-0.3, -0.25) is 4.31 Å². The number of hydrogen-bond acceptors (Lipinski definition) is 3. The lowest BCUT2D eigenvalue weighted by Crippen LogP contribution is -2.25. The van der Waals surface area contributed by atoms with Crippen molar-refractivity contribution in [2.75, 3.05) is 17.6 Å². The van der Waals surface area contributed by atoms with Gasteiger partial charge in [-0.15, -0.1) is 0 Å². The van der Waals surface area contributed by atoms with E-state index in [1.807, 2.05) is 0 Å². The summed E-state index contributed by atoms with van der Waals surface area (Å²) >= 11 is 0. The summed E-state index contributed by atoms with van der Waals surface area (Å²) in [7, 11) is -1.99. The highest BCUT2D eigenvalue weighted by Gasteiger charge is 2.13. The van der Waals surface area contributed by atoms with Crippen molar-refractivity contribution in [2.24, 2.45) is 5.73 Å². The standard InChI is InChI=1S/C9H13FN2O2S/c1-12(15(2,13)14)8-4-3-7(6-11)9(10)5-8/h3-5H,6,11H2,1-2H3. The van der Waals surface area contributed by atoms with E-state index < -0.39 is 15.8 Å². The van der Waals surface area contributed by atoms with Crippen LogP contribution >= 0.6 is 0 Å². The molecule has 0 heterocycles. The van der Waals surface area contributed by atoms with E-state index in [-0.39, 0.29) is 12.2 Å². The van der Waals surface area contributed by atoms with E-state index in [1.165, 1.54) is 19.2 Å². The molecule has 0 spiro atoms. The minimum atomic E-state index is -3.36. The molecular weight excluding hydrogens is 219 g/mol. The average Bonchev–Trinajstić information content (AvgIpc) is 2.15. The minimum absolute atomic E-state index is 0.0920. The van der Waals surface area contributed by atoms with Gasteiger partial charge in [0.25, 0.3) is 0 Å². The number of sulfonamides is 1. The zero-order valence-electron chi connectivity index (χ0n) is 8.57. The summed E-state index contributed by atoms with van der Waals surface area (Å²) in [6.45, 7) is 0.0920. The summed E-state index contributed by atoms with van der Waals surface area (Å²) in [6, 6.07) is 4.15. The largest absolute Gasteiger partial charge is 0.326 e. The number of rotatable bonds is 3. The first-order valence-electron chi connectivity index (χ1n) is 4.28. The van der Waals surface area contributed by atoms with Gasteiger partial charge in [0.15, 0.2) is 0 Å². The zero-order valence-corrected chi connectivity index (χ0v) is 9.38. The third kappa shape index (κ3) is 2.66. The Kier molecular flexibility index (Phi) is 3.31. The van der Waals surface area contributed by atoms with Crippen molar-refractivity contribution in [3.8, 4) is 0 Å². The van der Waals surface area contributed by atoms with E-state index >= 15 is 0 Å². The fourth-order valence-corrected chi connectivity index (χ4v) is 1.59. The molecule has 0 fully saturated rings. The van der Waals surface area contributed by atoms with E-state index in [9.17, 15) is 12.8 Å². The molecule has 0 atom stereocenters. The molecule has 15 heavy (non-hydrogen) atoms. The van der Waals surface area contributed by atoms with E-state index in [1.54, 1.807) is 0 Å². The molecule has 0 amide bonds. The Balaban J connectivity index is 3.13. The second kappa shape index (κ2) is 4.16. The molecule has 4 nitrogen and oxygen atoms in total. The number of hydrogen-bond donors (Lipinski definition) is 1. The van der Waals surface area contributed by atoms with Gasteiger partial charge in [-0.2, -0.15) is 0 Å². The molecule has 0 aliphatic rings. The van der Waals surface area contributed by atoms with Crippen LogP contribution in [0.5, 0.6) is 0 Å². The summed E-state index contributed by atoms with van der Waals surface area (Å²) in [4.78, 5) is 0. The lowest BCUT2D eigenvalue weighted by molar-refractivity contribution is 0.599. The van der Waals surface area contributed by atoms with Crippen LogP contribution in [0, 0.1) is 5.82 Å². The van der Waals surface area contributed by atoms with Gasteiger partial charge in [0.2, 0.25) is 10.0 Å². The van der Waals surface area contributed by atoms with E-state index in [0.29, 0.717) is 5.56 Å². The Morgan fingerprint density at radius 2 is 2.07 bits per heavy atom. The second-order valence-electron chi connectivity index (χ2n) is 3.21. The molecule has 0 saturated carbocycles. The maximum atomic E-state index is 13.3. The Morgan fingerprint density at radius 3 is 2.47 bits per heavy atom. The fourth-order valence-electron chi connectivity index (χ4n) is 1.09. The second-order valence-corrected chi connectivity index (χ2v) is 5.22. The third-order valence-corrected chi connectivity index (χ3v) is 3.32. The average molecular weight is 232 g/mol. The highest BCUT2D eigenvalue weighted by molar-refractivity contribution is 7.92. The van der Waals surface area contributed by atoms with Crippen LogP contribution in [-0.2, 0) is 16.6 Å². The predicted octanol–water partition coefficient (Wildman–Crippen LogP) is 0.680. The van der Waals surface area contributed by atoms with Crippen molar-refractivity contribution in [2.45, 2.75) is 6.54 Å². The molecule has 0 aromatic heterocycles. The fraction of sp³-hybridized carbons (Fsp3) is 0.333. The number of nitrogens with two attached hydrogens (primary N) is 1. The Labute approximate surface area is 88.6 Å². The van der Waals surface area contributed by atoms with Crippen molar-refractivity contribution >= 4 is 15.7 Å². The molecule has 84 valence electrons. The van der Waals surface area contributed by atoms with Gasteiger partial charge in [0.1, 0.15) is 5.82 Å². The normalized spacial score (nSPS) is 11.5. The topological polar surface area (TPSA) is 63.4 Å². The SMILES string of the molecule is CN(c1ccc(CN)c(F)c1)S(C)(=O)=O. The number of halogens is 1. The first-order valence-corrected chi connectivity index (χ1v) is 6.13. The Bertz CT molecular complexity index is 459. The molecule has 6 heteroatoms. The lowest BCUT2D eigenvalue weighted by Gasteiger charge is -2.17. The summed E-state index contributed by atoms with van der Waals surface area (Å²) in [5, 5.41) is 0. The smallest absolute Gasteiger partial charge is 0.231 e. The molecular formula is C9H13FN2O2S. The van der Waals surface area contributed by atoms with Crippen LogP contribution < -0.4 is 10.0 Å². The molecule has 0 unspecified atom stereocenters. The van der Waals surface area contributed by atoms with Crippen LogP contribution in [0.1, 0.15) is 5.56 Å². The van der Waals surface area contributed by atoms with Crippen molar-refractivity contribution in [3.05, 3.63) is 29.6 Å². The molecule has 0 aliphatic heterocycles. The predicted molar refractivity (Wildman–Crippen MR) is 57.5 cm³/mol. The maximum Gasteiger partial charge on any atom is 0.231 e. The van der Waals surface area contributed by atoms with Crippen LogP contribution in [0.4, 0.5) is 10.1 Å². The van der Waals surface area contributed by atoms with Crippen LogP contribution in [-0.4, -0.2) is 21.7 Å². The Morgan fingerprint density at radius 1 is 1.47 bits per heavy atom. The summed E-state index contributed by atoms with van der Waals surface area (Å²) in [5.74, 6) is -0.495. The van der Waals surface area contributed by atoms with Gasteiger partial charge in [-0.25, -0.2) is 12.8 Å². The molecule has 0 radical (unpaired) electrons. The van der Waals surface area contributed by atoms with Crippen LogP contribution in [0.3, 0.4) is 0 Å². The van der Waals surface area contributed by atoms with Gasteiger partial charge in [-0.1, -0.05) is 6.07 Å². The summed E-state index contributed by atoms with van der Waals surface area (Å²) in [6.07, 6.45) is 1.06. The number of anilines is 1. The van der Waals surface area contributed by atoms with Crippen LogP contribution in [0.15, 0.2) is 18.2 Å². The summed E-state index contributed by atoms with van der Waals surface area (Å²) in [5.41, 5.74) is 5.94. The van der Waals surface area contributed by atoms with Gasteiger partial charge < -0.3 is 5.73 Å². The molecule has 0 saturated heterocycles. The highest BCUT2D eigenvalue weighted by atomic mass is 32.2. The van der Waals surface area contributed by atoms with Crippen molar-refractivity contribution in [3.63, 3.8) is 0 Å². The number of benzene rings is 1. The first-order chi connectivity index (χ1) is 6.86. The van der Waals surface area contributed by atoms with Crippen LogP contribution in [0.2, 0.25) is 0 Å². The van der Waals surface area contributed by atoms with Crippen molar-refractivity contribution in [1.29, 1.82) is 0 Å². The van der Waals surface area contributed by atoms with Crippen molar-refractivity contribution < 1.29 is 12.8 Å². The van der Waals surface area contributed by atoms with Gasteiger partial charge in [0.05, 0.1) is 11.9 Å². The highest BCUT2D eigenvalue weighted by Crippen LogP contribution is 2.19. The Hall–Kier alpha value is -1.14.